The van der Waals surface area contributed by atoms with Gasteiger partial charge in [-0.3, -0.25) is 9.59 Å². The van der Waals surface area contributed by atoms with Crippen LogP contribution in [-0.4, -0.2) is 59.6 Å². The van der Waals surface area contributed by atoms with Crippen LogP contribution in [0.3, 0.4) is 0 Å². The third-order valence-electron chi connectivity index (χ3n) is 7.41. The molecular weight excluding hydrogens is 641 g/mol. The van der Waals surface area contributed by atoms with E-state index in [4.69, 9.17) is 4.74 Å². The largest absolute Gasteiger partial charge is 0.480 e. The highest BCUT2D eigenvalue weighted by atomic mass is 19.4. The summed E-state index contributed by atoms with van der Waals surface area (Å²) in [5.41, 5.74) is -6.34. The van der Waals surface area contributed by atoms with Gasteiger partial charge in [-0.15, -0.1) is 0 Å². The van der Waals surface area contributed by atoms with Gasteiger partial charge in [-0.1, -0.05) is 12.1 Å². The Balaban J connectivity index is 1.60. The number of alkyl halides is 6. The van der Waals surface area contributed by atoms with Crippen molar-refractivity contribution in [2.45, 2.75) is 37.8 Å². The van der Waals surface area contributed by atoms with E-state index < -0.39 is 100 Å². The number of nitrogens with one attached hydrogen (secondary N) is 1. The van der Waals surface area contributed by atoms with E-state index in [0.29, 0.717) is 29.2 Å². The van der Waals surface area contributed by atoms with E-state index in [1.54, 1.807) is 0 Å². The molecule has 0 spiro atoms. The summed E-state index contributed by atoms with van der Waals surface area (Å²) < 4.78 is 132. The van der Waals surface area contributed by atoms with Gasteiger partial charge in [-0.05, 0) is 36.8 Å². The van der Waals surface area contributed by atoms with Crippen molar-refractivity contribution in [3.8, 4) is 11.1 Å². The van der Waals surface area contributed by atoms with E-state index in [1.165, 1.54) is 14.0 Å². The van der Waals surface area contributed by atoms with Gasteiger partial charge in [0.25, 0.3) is 11.5 Å². The molecule has 1 saturated heterocycles. The number of morpholine rings is 1. The van der Waals surface area contributed by atoms with Crippen molar-refractivity contribution in [2.75, 3.05) is 24.7 Å². The van der Waals surface area contributed by atoms with Gasteiger partial charge in [0.15, 0.2) is 0 Å². The smallest absolute Gasteiger partial charge is 0.417 e. The molecule has 1 fully saturated rings. The average Bonchev–Trinajstić information content (AvgIpc) is 2.94. The Morgan fingerprint density at radius 1 is 1.02 bits per heavy atom. The second kappa shape index (κ2) is 12.7. The molecular formula is C29H24F9N3O5. The zero-order valence-electron chi connectivity index (χ0n) is 23.8. The van der Waals surface area contributed by atoms with Crippen molar-refractivity contribution in [1.82, 2.24) is 9.88 Å². The van der Waals surface area contributed by atoms with Crippen LogP contribution in [0, 0.1) is 24.4 Å². The molecule has 3 aromatic rings. The van der Waals surface area contributed by atoms with Gasteiger partial charge in [0, 0.05) is 37.0 Å². The van der Waals surface area contributed by atoms with Crippen LogP contribution in [0.4, 0.5) is 45.2 Å². The molecule has 1 aromatic heterocycles. The van der Waals surface area contributed by atoms with Crippen molar-refractivity contribution < 1.29 is 58.9 Å². The van der Waals surface area contributed by atoms with E-state index in [1.807, 2.05) is 5.32 Å². The lowest BCUT2D eigenvalue weighted by Gasteiger charge is -2.38. The highest BCUT2D eigenvalue weighted by Gasteiger charge is 2.46. The SMILES string of the molecule is Cc1cc(C(F)(F)F)c(-c2ccc(CC(NC(=O)c3c(F)cc(N4CCOC[C@@H]4C(F)(F)F)cc3F)C(=O)O)cc2F)c(=O)n1C. The number of aryl methyl sites for hydroxylation is 1. The summed E-state index contributed by atoms with van der Waals surface area (Å²) in [6, 6.07) is -0.0698. The maximum atomic E-state index is 15.2. The number of carboxylic acids is 1. The molecule has 0 aliphatic carbocycles. The first-order valence-electron chi connectivity index (χ1n) is 13.3. The predicted molar refractivity (Wildman–Crippen MR) is 144 cm³/mol. The molecule has 17 heteroatoms. The summed E-state index contributed by atoms with van der Waals surface area (Å²) in [6.45, 7) is -0.103. The highest BCUT2D eigenvalue weighted by molar-refractivity contribution is 5.97. The molecule has 0 radical (unpaired) electrons. The second-order valence-electron chi connectivity index (χ2n) is 10.4. The number of carbonyl (C=O) groups excluding carboxylic acids is 1. The molecule has 2 heterocycles. The maximum absolute atomic E-state index is 15.2. The van der Waals surface area contributed by atoms with Crippen LogP contribution in [0.1, 0.15) is 27.2 Å². The van der Waals surface area contributed by atoms with Gasteiger partial charge in [0.05, 0.1) is 24.3 Å². The molecule has 0 saturated carbocycles. The van der Waals surface area contributed by atoms with Gasteiger partial charge in [-0.2, -0.15) is 26.3 Å². The highest BCUT2D eigenvalue weighted by Crippen LogP contribution is 2.37. The number of ether oxygens (including phenoxy) is 1. The molecule has 2 N–H and O–H groups in total. The Kier molecular flexibility index (Phi) is 9.47. The monoisotopic (exact) mass is 665 g/mol. The van der Waals surface area contributed by atoms with Crippen molar-refractivity contribution in [2.24, 2.45) is 7.05 Å². The zero-order valence-corrected chi connectivity index (χ0v) is 23.8. The molecule has 1 aliphatic rings. The van der Waals surface area contributed by atoms with E-state index in [-0.39, 0.29) is 24.4 Å². The van der Waals surface area contributed by atoms with Crippen LogP contribution in [0.25, 0.3) is 11.1 Å². The number of hydrogen-bond acceptors (Lipinski definition) is 5. The molecule has 46 heavy (non-hydrogen) atoms. The Hall–Kier alpha value is -4.54. The third kappa shape index (κ3) is 6.98. The number of rotatable bonds is 7. The molecule has 248 valence electrons. The number of carbonyl (C=O) groups is 2. The number of anilines is 1. The van der Waals surface area contributed by atoms with Gasteiger partial charge in [-0.25, -0.2) is 18.0 Å². The number of carboxylic acid groups (broad SMARTS) is 1. The molecule has 2 aromatic carbocycles. The predicted octanol–water partition coefficient (Wildman–Crippen LogP) is 4.99. The minimum atomic E-state index is -5.03. The quantitative estimate of drug-likeness (QED) is 0.345. The molecule has 8 nitrogen and oxygen atoms in total. The standard InChI is InChI=1S/C29H24F9N3O5/c1-13-7-17(28(33,34)35)23(26(43)40(13)2)16-4-3-14(8-18(16)30)9-21(27(44)45)39-25(42)24-19(31)10-15(11-20(24)32)41-5-6-46-12-22(41)29(36,37)38/h3-4,7-8,10-11,21-22H,5-6,9,12H2,1-2H3,(H,39,42)(H,44,45)/t21?,22-/m1/s1. The maximum Gasteiger partial charge on any atom is 0.417 e. The van der Waals surface area contributed by atoms with Gasteiger partial charge in [0.1, 0.15) is 35.1 Å². The van der Waals surface area contributed by atoms with E-state index in [2.05, 4.69) is 0 Å². The Morgan fingerprint density at radius 2 is 1.65 bits per heavy atom. The molecule has 2 atom stereocenters. The number of aromatic nitrogens is 1. The van der Waals surface area contributed by atoms with E-state index in [9.17, 15) is 54.6 Å². The summed E-state index contributed by atoms with van der Waals surface area (Å²) in [4.78, 5) is 38.0. The normalized spacial score (nSPS) is 16.3. The summed E-state index contributed by atoms with van der Waals surface area (Å²) in [5.74, 6) is -7.87. The van der Waals surface area contributed by atoms with Crippen LogP contribution >= 0.6 is 0 Å². The number of benzene rings is 2. The first kappa shape index (κ1) is 34.3. The lowest BCUT2D eigenvalue weighted by atomic mass is 9.96. The first-order chi connectivity index (χ1) is 21.3. The summed E-state index contributed by atoms with van der Waals surface area (Å²) in [7, 11) is 1.19. The van der Waals surface area contributed by atoms with Gasteiger partial charge < -0.3 is 24.6 Å². The first-order valence-corrected chi connectivity index (χ1v) is 13.3. The molecule has 0 bridgehead atoms. The Labute approximate surface area is 254 Å². The minimum absolute atomic E-state index is 0.0488. The molecule has 4 rings (SSSR count). The summed E-state index contributed by atoms with van der Waals surface area (Å²) in [5, 5.41) is 11.5. The lowest BCUT2D eigenvalue weighted by molar-refractivity contribution is -0.167. The van der Waals surface area contributed by atoms with Crippen LogP contribution in [0.5, 0.6) is 0 Å². The topological polar surface area (TPSA) is 101 Å². The van der Waals surface area contributed by atoms with Gasteiger partial charge >= 0.3 is 18.3 Å². The van der Waals surface area contributed by atoms with E-state index >= 15 is 4.39 Å². The number of hydrogen-bond donors (Lipinski definition) is 2. The fraction of sp³-hybridized carbons (Fsp3) is 0.345. The fourth-order valence-electron chi connectivity index (χ4n) is 4.99. The number of halogens is 9. The summed E-state index contributed by atoms with van der Waals surface area (Å²) in [6.07, 6.45) is -10.6. The Morgan fingerprint density at radius 3 is 2.20 bits per heavy atom. The van der Waals surface area contributed by atoms with Crippen LogP contribution in [0.2, 0.25) is 0 Å². The molecule has 1 aliphatic heterocycles. The van der Waals surface area contributed by atoms with E-state index in [0.717, 1.165) is 16.7 Å². The minimum Gasteiger partial charge on any atom is -0.480 e. The number of nitrogens with zero attached hydrogens (tertiary/aromatic N) is 2. The zero-order chi connectivity index (χ0) is 34.3. The van der Waals surface area contributed by atoms with Crippen LogP contribution in [0.15, 0.2) is 41.2 Å². The van der Waals surface area contributed by atoms with Gasteiger partial charge in [0.2, 0.25) is 0 Å². The fourth-order valence-corrected chi connectivity index (χ4v) is 4.99. The van der Waals surface area contributed by atoms with Crippen molar-refractivity contribution in [3.63, 3.8) is 0 Å². The molecule has 1 unspecified atom stereocenters. The van der Waals surface area contributed by atoms with Crippen LogP contribution in [-0.2, 0) is 29.2 Å². The summed E-state index contributed by atoms with van der Waals surface area (Å²) >= 11 is 0. The van der Waals surface area contributed by atoms with Crippen molar-refractivity contribution in [1.29, 1.82) is 0 Å². The second-order valence-corrected chi connectivity index (χ2v) is 10.4. The van der Waals surface area contributed by atoms with Crippen LogP contribution < -0.4 is 15.8 Å². The molecule has 1 amide bonds. The number of pyridine rings is 1. The van der Waals surface area contributed by atoms with Crippen molar-refractivity contribution >= 4 is 17.6 Å². The van der Waals surface area contributed by atoms with Crippen molar-refractivity contribution in [3.05, 3.63) is 86.6 Å². The average molecular weight is 666 g/mol. The Bertz CT molecular complexity index is 1710. The lowest BCUT2D eigenvalue weighted by Crippen LogP contribution is -2.53. The number of aliphatic carboxylic acids is 1. The third-order valence-corrected chi connectivity index (χ3v) is 7.41. The number of amides is 1.